The number of nitrogens with zero attached hydrogens (tertiary/aromatic N) is 1. The van der Waals surface area contributed by atoms with Crippen molar-refractivity contribution in [3.63, 3.8) is 0 Å². The van der Waals surface area contributed by atoms with Crippen molar-refractivity contribution in [2.75, 3.05) is 6.61 Å². The first-order valence-corrected chi connectivity index (χ1v) is 6.02. The molecule has 0 radical (unpaired) electrons. The third kappa shape index (κ3) is 3.44. The van der Waals surface area contributed by atoms with E-state index in [2.05, 4.69) is 5.43 Å². The molecule has 0 bridgehead atoms. The van der Waals surface area contributed by atoms with Crippen molar-refractivity contribution in [1.82, 2.24) is 5.43 Å². The molecule has 1 fully saturated rings. The van der Waals surface area contributed by atoms with E-state index in [0.29, 0.717) is 24.3 Å². The summed E-state index contributed by atoms with van der Waals surface area (Å²) in [7, 11) is 0. The summed E-state index contributed by atoms with van der Waals surface area (Å²) < 4.78 is 11.1. The lowest BCUT2D eigenvalue weighted by atomic mass is 10.2. The average molecular weight is 261 g/mol. The Balaban J connectivity index is 1.83. The van der Waals surface area contributed by atoms with Crippen molar-refractivity contribution < 1.29 is 14.3 Å². The monoisotopic (exact) mass is 261 g/mol. The third-order valence-electron chi connectivity index (χ3n) is 2.94. The van der Waals surface area contributed by atoms with E-state index >= 15 is 0 Å². The van der Waals surface area contributed by atoms with E-state index < -0.39 is 6.10 Å². The molecular formula is C13H15N3O3. The van der Waals surface area contributed by atoms with Gasteiger partial charge in [-0.25, -0.2) is 5.84 Å². The number of nitrogens with one attached hydrogen (secondary N) is 1. The lowest BCUT2D eigenvalue weighted by molar-refractivity contribution is -0.132. The van der Waals surface area contributed by atoms with Gasteiger partial charge in [-0.2, -0.15) is 5.26 Å². The molecule has 2 unspecified atom stereocenters. The molecule has 0 spiro atoms. The Kier molecular flexibility index (Phi) is 4.34. The number of hydrazine groups is 1. The third-order valence-corrected chi connectivity index (χ3v) is 2.94. The van der Waals surface area contributed by atoms with Crippen molar-refractivity contribution in [2.45, 2.75) is 25.0 Å². The van der Waals surface area contributed by atoms with Crippen LogP contribution in [0.5, 0.6) is 5.75 Å². The van der Waals surface area contributed by atoms with Gasteiger partial charge in [0.25, 0.3) is 5.91 Å². The molecule has 100 valence electrons. The number of rotatable bonds is 4. The highest BCUT2D eigenvalue weighted by atomic mass is 16.5. The minimum Gasteiger partial charge on any atom is -0.491 e. The first-order chi connectivity index (χ1) is 9.22. The highest BCUT2D eigenvalue weighted by Crippen LogP contribution is 2.21. The topological polar surface area (TPSA) is 97.4 Å². The fourth-order valence-electron chi connectivity index (χ4n) is 1.96. The zero-order valence-corrected chi connectivity index (χ0v) is 10.3. The highest BCUT2D eigenvalue weighted by Gasteiger charge is 2.30. The van der Waals surface area contributed by atoms with Crippen LogP contribution in [0.1, 0.15) is 18.4 Å². The van der Waals surface area contributed by atoms with Gasteiger partial charge in [-0.1, -0.05) is 6.07 Å². The van der Waals surface area contributed by atoms with Crippen LogP contribution in [0.2, 0.25) is 0 Å². The van der Waals surface area contributed by atoms with Crippen molar-refractivity contribution in [2.24, 2.45) is 5.84 Å². The number of hydrogen-bond acceptors (Lipinski definition) is 5. The number of carbonyl (C=O) groups excluding carboxylic acids is 1. The second kappa shape index (κ2) is 6.18. The maximum atomic E-state index is 11.3. The smallest absolute Gasteiger partial charge is 0.263 e. The Labute approximate surface area is 111 Å². The normalized spacial score (nSPS) is 21.7. The maximum Gasteiger partial charge on any atom is 0.263 e. The first kappa shape index (κ1) is 13.3. The lowest BCUT2D eigenvalue weighted by Gasteiger charge is -2.13. The van der Waals surface area contributed by atoms with E-state index in [9.17, 15) is 4.79 Å². The molecule has 2 atom stereocenters. The van der Waals surface area contributed by atoms with Gasteiger partial charge in [-0.3, -0.25) is 10.2 Å². The molecule has 3 N–H and O–H groups in total. The van der Waals surface area contributed by atoms with Crippen molar-refractivity contribution in [3.8, 4) is 11.8 Å². The summed E-state index contributed by atoms with van der Waals surface area (Å²) in [5, 5.41) is 8.78. The second-order valence-corrected chi connectivity index (χ2v) is 4.28. The predicted octanol–water partition coefficient (Wildman–Crippen LogP) is 0.475. The van der Waals surface area contributed by atoms with E-state index in [0.717, 1.165) is 6.42 Å². The molecule has 1 aliphatic heterocycles. The minimum atomic E-state index is -0.496. The molecule has 1 aromatic carbocycles. The summed E-state index contributed by atoms with van der Waals surface area (Å²) in [6.45, 7) is 0.350. The zero-order chi connectivity index (χ0) is 13.7. The van der Waals surface area contributed by atoms with E-state index in [-0.39, 0.29) is 12.0 Å². The van der Waals surface area contributed by atoms with E-state index in [1.807, 2.05) is 6.07 Å². The minimum absolute atomic E-state index is 0.131. The largest absolute Gasteiger partial charge is 0.491 e. The Bertz CT molecular complexity index is 498. The molecule has 1 aromatic rings. The Hall–Kier alpha value is -2.10. The van der Waals surface area contributed by atoms with Crippen molar-refractivity contribution in [3.05, 3.63) is 29.8 Å². The van der Waals surface area contributed by atoms with Gasteiger partial charge in [-0.05, 0) is 31.0 Å². The molecule has 0 saturated carbocycles. The van der Waals surface area contributed by atoms with Crippen LogP contribution in [0.15, 0.2) is 24.3 Å². The second-order valence-electron chi connectivity index (χ2n) is 4.28. The SMILES string of the molecule is N#Cc1cccc(OCC2CCC(C(=O)NN)O2)c1. The summed E-state index contributed by atoms with van der Waals surface area (Å²) in [6.07, 6.45) is 0.753. The fraction of sp³-hybridized carbons (Fsp3) is 0.385. The first-order valence-electron chi connectivity index (χ1n) is 6.02. The standard InChI is InChI=1S/C13H15N3O3/c14-7-9-2-1-3-10(6-9)18-8-11-4-5-12(19-11)13(17)16-15/h1-3,6,11-12H,4-5,8,15H2,(H,16,17). The molecule has 6 heteroatoms. The van der Waals surface area contributed by atoms with Gasteiger partial charge in [0.2, 0.25) is 0 Å². The van der Waals surface area contributed by atoms with Crippen LogP contribution in [-0.2, 0) is 9.53 Å². The van der Waals surface area contributed by atoms with Gasteiger partial charge in [-0.15, -0.1) is 0 Å². The number of ether oxygens (including phenoxy) is 2. The number of nitrogens with two attached hydrogens (primary N) is 1. The van der Waals surface area contributed by atoms with Gasteiger partial charge in [0.1, 0.15) is 18.5 Å². The number of benzene rings is 1. The van der Waals surface area contributed by atoms with E-state index in [1.54, 1.807) is 24.3 Å². The van der Waals surface area contributed by atoms with Crippen molar-refractivity contribution in [1.29, 1.82) is 5.26 Å². The molecule has 1 heterocycles. The molecule has 19 heavy (non-hydrogen) atoms. The van der Waals surface area contributed by atoms with E-state index in [4.69, 9.17) is 20.6 Å². The van der Waals surface area contributed by atoms with Crippen LogP contribution in [-0.4, -0.2) is 24.7 Å². The highest BCUT2D eigenvalue weighted by molar-refractivity contribution is 5.80. The fourth-order valence-corrected chi connectivity index (χ4v) is 1.96. The molecular weight excluding hydrogens is 246 g/mol. The van der Waals surface area contributed by atoms with Crippen LogP contribution in [0, 0.1) is 11.3 Å². The lowest BCUT2D eigenvalue weighted by Crippen LogP contribution is -2.39. The van der Waals surface area contributed by atoms with Crippen LogP contribution in [0.25, 0.3) is 0 Å². The molecule has 2 rings (SSSR count). The van der Waals surface area contributed by atoms with Gasteiger partial charge in [0.15, 0.2) is 0 Å². The van der Waals surface area contributed by atoms with Gasteiger partial charge < -0.3 is 9.47 Å². The number of hydrogen-bond donors (Lipinski definition) is 2. The molecule has 6 nitrogen and oxygen atoms in total. The summed E-state index contributed by atoms with van der Waals surface area (Å²) >= 11 is 0. The van der Waals surface area contributed by atoms with E-state index in [1.165, 1.54) is 0 Å². The predicted molar refractivity (Wildman–Crippen MR) is 66.9 cm³/mol. The number of nitriles is 1. The Morgan fingerprint density at radius 2 is 2.42 bits per heavy atom. The molecule has 1 saturated heterocycles. The summed E-state index contributed by atoms with van der Waals surface area (Å²) in [5.74, 6) is 5.36. The number of amides is 1. The van der Waals surface area contributed by atoms with Crippen LogP contribution >= 0.6 is 0 Å². The maximum absolute atomic E-state index is 11.3. The van der Waals surface area contributed by atoms with Gasteiger partial charge in [0.05, 0.1) is 17.7 Å². The summed E-state index contributed by atoms with van der Waals surface area (Å²) in [5.41, 5.74) is 2.62. The Morgan fingerprint density at radius 3 is 3.16 bits per heavy atom. The average Bonchev–Trinajstić information content (AvgIpc) is 2.93. The quantitative estimate of drug-likeness (QED) is 0.466. The van der Waals surface area contributed by atoms with Gasteiger partial charge in [0, 0.05) is 0 Å². The number of carbonyl (C=O) groups is 1. The molecule has 1 aliphatic rings. The van der Waals surface area contributed by atoms with Gasteiger partial charge >= 0.3 is 0 Å². The van der Waals surface area contributed by atoms with Crippen LogP contribution in [0.3, 0.4) is 0 Å². The van der Waals surface area contributed by atoms with Crippen LogP contribution < -0.4 is 16.0 Å². The Morgan fingerprint density at radius 1 is 1.58 bits per heavy atom. The summed E-state index contributed by atoms with van der Waals surface area (Å²) in [6, 6.07) is 8.96. The molecule has 0 aromatic heterocycles. The molecule has 1 amide bonds. The summed E-state index contributed by atoms with van der Waals surface area (Å²) in [4.78, 5) is 11.3. The zero-order valence-electron chi connectivity index (χ0n) is 10.3. The van der Waals surface area contributed by atoms with Crippen molar-refractivity contribution >= 4 is 5.91 Å². The molecule has 0 aliphatic carbocycles. The van der Waals surface area contributed by atoms with Crippen LogP contribution in [0.4, 0.5) is 0 Å².